The minimum atomic E-state index is 1.15. The molecule has 0 aromatic heterocycles. The van der Waals surface area contributed by atoms with Gasteiger partial charge in [0.05, 0.1) is 0 Å². The van der Waals surface area contributed by atoms with Gasteiger partial charge in [-0.25, -0.2) is 0 Å². The van der Waals surface area contributed by atoms with Crippen LogP contribution in [-0.2, 0) is 0 Å². The van der Waals surface area contributed by atoms with Crippen LogP contribution < -0.4 is 0 Å². The Morgan fingerprint density at radius 1 is 0.0342 bits per heavy atom. The lowest BCUT2D eigenvalue weighted by Gasteiger charge is -2.07. The summed E-state index contributed by atoms with van der Waals surface area (Å²) in [7, 11) is 205. The molecule has 146 unspecified atom stereocenters. The van der Waals surface area contributed by atoms with Crippen molar-refractivity contribution >= 4 is 1160 Å². The molecule has 0 heterocycles. The molecule has 0 aromatic carbocycles. The molecule has 0 aromatic rings. The van der Waals surface area contributed by atoms with Gasteiger partial charge in [0.2, 0.25) is 0 Å². The van der Waals surface area contributed by atoms with Crippen LogP contribution in [0.4, 0.5) is 0 Å². The SMILES string of the molecule is PPPPPPPPPPPPPPPPPPPPPPPPPPPPPPPPPPPPPPPPPPPPPPPPPPPPPPPPPPPPPPPPPPPPPPPPPPPPPPPPPPPPPPPPPPPPPPPPPPPPPPPPPPPPPPPPPPPPPPPPPPPPPPPPPPPPPPPPPPPPPPPPPP. The van der Waals surface area contributed by atoms with Crippen molar-refractivity contribution in [1.82, 2.24) is 0 Å². The maximum absolute atomic E-state index is 2.94. The first-order valence-corrected chi connectivity index (χ1v) is 327. The Balaban J connectivity index is 3.11. The van der Waals surface area contributed by atoms with E-state index < -0.39 is 0 Å². The summed E-state index contributed by atoms with van der Waals surface area (Å²) in [5.41, 5.74) is 0. The van der Waals surface area contributed by atoms with Gasteiger partial charge in [-0.05, 0) is 0 Å². The first-order valence-electron chi connectivity index (χ1n) is 36.3. The molecule has 0 saturated heterocycles. The maximum Gasteiger partial charge on any atom is -0.0677 e. The standard InChI is InChI=1S/H148P146/c1-3-5-7-9-11-13-15-17-19-21-23-25-27-29-31-33-35-37-39-41-43-45-47-49-51-53-55-57-59-61-63-65-67-69-71-73-75-77-79-81-83-85-87-89-91-93-95-97-99-101-103-105-107-109-111-113-115-117-119-121-123-125-127-129-131-133-135-137-139-141-143-145-146-144-142-140-138-136-134-132-130-128-126-124-122-120-118-116-114-112-110-108-106-104-102-100-98-96-94-92-90-88-86-84-82-80-78-76-74-72-70-68-66-64-62-60-58-56-54-52-50-48-46-44-42-40-38-36-34-32-30-28-26-24-22-20-18-16-14-12-10-8-6-4-2/h3-146H,1-2H2. The molecule has 146 heavy (non-hydrogen) atoms. The van der Waals surface area contributed by atoms with Gasteiger partial charge < -0.3 is 0 Å². The third kappa shape index (κ3) is 207. The van der Waals surface area contributed by atoms with Gasteiger partial charge >= 0.3 is 0 Å². The largest absolute Gasteiger partial charge is 0.110 e. The lowest BCUT2D eigenvalue weighted by molar-refractivity contribution is 4.92. The van der Waals surface area contributed by atoms with Crippen LogP contribution in [-0.4, -0.2) is 0 Å². The van der Waals surface area contributed by atoms with Crippen LogP contribution in [0.25, 0.3) is 0 Å². The molecule has 0 radical (unpaired) electrons. The normalized spacial score (nSPS) is 23.7. The predicted molar refractivity (Wildman–Crippen MR) is 1220 cm³/mol. The molecule has 0 fully saturated rings. The van der Waals surface area contributed by atoms with Gasteiger partial charge in [-0.1, -0.05) is 1150 Å². The molecule has 0 spiro atoms. The Labute approximate surface area is 1140 Å². The molecule has 0 aliphatic rings. The van der Waals surface area contributed by atoms with E-state index in [1.54, 1.807) is 0 Å². The summed E-state index contributed by atoms with van der Waals surface area (Å²) >= 11 is 0. The van der Waals surface area contributed by atoms with Crippen molar-refractivity contribution in [3.8, 4) is 0 Å². The molecule has 146 atom stereocenters. The van der Waals surface area contributed by atoms with E-state index in [1.165, 1.54) is 1130 Å². The Morgan fingerprint density at radius 3 is 0.0753 bits per heavy atom. The Hall–Kier alpha value is 62.8. The van der Waals surface area contributed by atoms with Crippen molar-refractivity contribution in [3.05, 3.63) is 0 Å². The van der Waals surface area contributed by atoms with E-state index in [9.17, 15) is 0 Å². The van der Waals surface area contributed by atoms with Gasteiger partial charge in [0, 0.05) is 0 Å². The van der Waals surface area contributed by atoms with Gasteiger partial charge in [-0.15, -0.1) is 17.9 Å². The smallest absolute Gasteiger partial charge is 0.0677 e. The van der Waals surface area contributed by atoms with Crippen LogP contribution in [0.3, 0.4) is 0 Å². The number of hydrogen-bond acceptors (Lipinski definition) is 0. The average Bonchev–Trinajstić information content (AvgIpc) is 1.11. The fourth-order valence-corrected chi connectivity index (χ4v) is 1080. The molecule has 0 nitrogen and oxygen atoms in total. The van der Waals surface area contributed by atoms with E-state index >= 15 is 0 Å². The highest BCUT2D eigenvalue weighted by atomic mass is 33.1. The van der Waals surface area contributed by atoms with E-state index in [2.05, 4.69) is 17.9 Å². The molecular weight excluding hydrogens is 4520 g/mol. The van der Waals surface area contributed by atoms with Crippen LogP contribution >= 0.6 is 1160 Å². The first-order chi connectivity index (χ1) is 72.9. The minimum absolute atomic E-state index is 1.15. The third-order valence-electron chi connectivity index (χ3n) is 8.96. The van der Waals surface area contributed by atoms with Gasteiger partial charge in [-0.2, -0.15) is 0 Å². The molecule has 0 amide bonds. The topological polar surface area (TPSA) is 0 Å². The third-order valence-corrected chi connectivity index (χ3v) is 726. The fourth-order valence-electron chi connectivity index (χ4n) is 4.45. The van der Waals surface area contributed by atoms with Crippen molar-refractivity contribution in [3.63, 3.8) is 0 Å². The molecule has 878 valence electrons. The second kappa shape index (κ2) is 208. The summed E-state index contributed by atoms with van der Waals surface area (Å²) in [6.07, 6.45) is 0. The number of hydrogen-bond donors (Lipinski definition) is 0. The zero-order chi connectivity index (χ0) is 104. The van der Waals surface area contributed by atoms with Gasteiger partial charge in [0.15, 0.2) is 0 Å². The molecule has 0 N–H and O–H groups in total. The Kier molecular flexibility index (Phi) is 297. The van der Waals surface area contributed by atoms with E-state index in [0.717, 1.165) is 15.9 Å². The fraction of sp³-hybridized carbons (Fsp3) is 0. The van der Waals surface area contributed by atoms with Crippen molar-refractivity contribution in [2.45, 2.75) is 0 Å². The summed E-state index contributed by atoms with van der Waals surface area (Å²) in [6.45, 7) is 0. The van der Waals surface area contributed by atoms with Gasteiger partial charge in [0.1, 0.15) is 0 Å². The summed E-state index contributed by atoms with van der Waals surface area (Å²) in [5.74, 6) is 0. The van der Waals surface area contributed by atoms with E-state index in [0.29, 0.717) is 0 Å². The van der Waals surface area contributed by atoms with Crippen LogP contribution in [0.2, 0.25) is 0 Å². The quantitative estimate of drug-likeness (QED) is 0.0421. The highest BCUT2D eigenvalue weighted by molar-refractivity contribution is 9.06. The highest BCUT2D eigenvalue weighted by Gasteiger charge is 2.07. The lowest BCUT2D eigenvalue weighted by atomic mass is 29.0. The van der Waals surface area contributed by atoms with Crippen molar-refractivity contribution < 1.29 is 0 Å². The summed E-state index contributed by atoms with van der Waals surface area (Å²) in [5, 5.41) is 0. The monoisotopic (exact) mass is 4670 g/mol. The van der Waals surface area contributed by atoms with Crippen molar-refractivity contribution in [2.75, 3.05) is 0 Å². The second-order valence-electron chi connectivity index (χ2n) is 18.0. The molecule has 0 rings (SSSR count). The van der Waals surface area contributed by atoms with Crippen LogP contribution in [0.15, 0.2) is 0 Å². The van der Waals surface area contributed by atoms with Crippen LogP contribution in [0.5, 0.6) is 0 Å². The minimum Gasteiger partial charge on any atom is -0.110 e. The molecule has 0 aliphatic heterocycles. The van der Waals surface area contributed by atoms with Gasteiger partial charge in [0.25, 0.3) is 0 Å². The predicted octanol–water partition coefficient (Wildman–Crippen LogP) is 86.1. The molecule has 0 bridgehead atoms. The first kappa shape index (κ1) is 209. The van der Waals surface area contributed by atoms with E-state index in [1.807, 2.05) is 0 Å². The summed E-state index contributed by atoms with van der Waals surface area (Å²) in [4.78, 5) is 0. The van der Waals surface area contributed by atoms with E-state index in [-0.39, 0.29) is 0 Å². The van der Waals surface area contributed by atoms with Crippen molar-refractivity contribution in [1.29, 1.82) is 0 Å². The molecule has 0 aliphatic carbocycles. The average molecular weight is 4670 g/mol. The van der Waals surface area contributed by atoms with E-state index in [4.69, 9.17) is 0 Å². The molecule has 146 heteroatoms. The number of rotatable bonds is 143. The van der Waals surface area contributed by atoms with Gasteiger partial charge in [-0.3, -0.25) is 0 Å². The lowest BCUT2D eigenvalue weighted by Crippen LogP contribution is -1.14. The highest BCUT2D eigenvalue weighted by Crippen LogP contribution is 3.00. The van der Waals surface area contributed by atoms with Crippen LogP contribution in [0, 0.1) is 0 Å². The summed E-state index contributed by atoms with van der Waals surface area (Å²) < 4.78 is 0. The molecular formula is H148P146. The molecule has 0 saturated carbocycles. The van der Waals surface area contributed by atoms with Crippen LogP contribution in [0.1, 0.15) is 0 Å². The Morgan fingerprint density at radius 2 is 0.0548 bits per heavy atom. The summed E-state index contributed by atoms with van der Waals surface area (Å²) in [6, 6.07) is 0. The Bertz CT molecular complexity index is 1710. The zero-order valence-electron chi connectivity index (χ0n) is 73.2. The maximum atomic E-state index is 2.94. The van der Waals surface area contributed by atoms with Crippen molar-refractivity contribution in [2.24, 2.45) is 0 Å². The second-order valence-corrected chi connectivity index (χ2v) is 487. The zero-order valence-corrected chi connectivity index (χ0v) is 219.